The molecular formula is C27H28ClN5O9. The van der Waals surface area contributed by atoms with E-state index in [1.807, 2.05) is 0 Å². The number of hydrogen-bond donors (Lipinski definition) is 5. The van der Waals surface area contributed by atoms with E-state index in [1.165, 1.54) is 42.2 Å². The summed E-state index contributed by atoms with van der Waals surface area (Å²) < 4.78 is 0. The van der Waals surface area contributed by atoms with Crippen molar-refractivity contribution < 1.29 is 43.8 Å². The highest BCUT2D eigenvalue weighted by Crippen LogP contribution is 2.32. The first-order valence-electron chi connectivity index (χ1n) is 12.6. The fourth-order valence-electron chi connectivity index (χ4n) is 4.28. The summed E-state index contributed by atoms with van der Waals surface area (Å²) in [5.74, 6) is -4.72. The van der Waals surface area contributed by atoms with Gasteiger partial charge in [0.1, 0.15) is 25.5 Å². The van der Waals surface area contributed by atoms with Crippen LogP contribution in [0.2, 0.25) is 5.02 Å². The Labute approximate surface area is 244 Å². The minimum absolute atomic E-state index is 0.0550. The summed E-state index contributed by atoms with van der Waals surface area (Å²) in [6.07, 6.45) is -0.542. The van der Waals surface area contributed by atoms with E-state index < -0.39 is 61.3 Å². The Morgan fingerprint density at radius 3 is 2.40 bits per heavy atom. The smallest absolute Gasteiger partial charge is 0.305 e. The Morgan fingerprint density at radius 2 is 1.81 bits per heavy atom. The lowest BCUT2D eigenvalue weighted by Gasteiger charge is -2.35. The van der Waals surface area contributed by atoms with Crippen molar-refractivity contribution in [1.82, 2.24) is 10.6 Å². The molecule has 1 aliphatic rings. The lowest BCUT2D eigenvalue weighted by Crippen LogP contribution is -2.55. The number of benzene rings is 2. The van der Waals surface area contributed by atoms with Crippen LogP contribution in [-0.2, 0) is 28.8 Å². The van der Waals surface area contributed by atoms with Crippen LogP contribution in [0, 0.1) is 0 Å². The summed E-state index contributed by atoms with van der Waals surface area (Å²) in [4.78, 5) is 88.4. The lowest BCUT2D eigenvalue weighted by atomic mass is 10.1. The molecule has 0 fully saturated rings. The highest BCUT2D eigenvalue weighted by molar-refractivity contribution is 6.34. The van der Waals surface area contributed by atoms with E-state index >= 15 is 0 Å². The highest BCUT2D eigenvalue weighted by atomic mass is 35.5. The van der Waals surface area contributed by atoms with Gasteiger partial charge in [0.15, 0.2) is 0 Å². The number of nitrogens with zero attached hydrogens (tertiary/aromatic N) is 2. The zero-order chi connectivity index (χ0) is 31.0. The fourth-order valence-corrected chi connectivity index (χ4v) is 4.51. The van der Waals surface area contributed by atoms with Crippen LogP contribution in [0.3, 0.4) is 0 Å². The van der Waals surface area contributed by atoms with E-state index in [0.717, 1.165) is 4.90 Å². The van der Waals surface area contributed by atoms with Crippen molar-refractivity contribution in [3.8, 4) is 0 Å². The molecule has 0 spiro atoms. The second-order valence-electron chi connectivity index (χ2n) is 9.22. The molecule has 42 heavy (non-hydrogen) atoms. The van der Waals surface area contributed by atoms with Gasteiger partial charge in [0.05, 0.1) is 34.5 Å². The molecule has 0 radical (unpaired) electrons. The number of amides is 5. The Hall–Kier alpha value is -4.82. The van der Waals surface area contributed by atoms with Gasteiger partial charge in [-0.1, -0.05) is 23.7 Å². The molecule has 1 heterocycles. The SMILES string of the molecule is CC(=O)Nc1ccc(C(=O)N[C@H]2CCN(C(=O)CO)c3ccccc3N(CC(=O)N[C@H](C=O)CC(=O)O)C2=O)cc1Cl. The summed E-state index contributed by atoms with van der Waals surface area (Å²) in [6, 6.07) is 7.55. The first kappa shape index (κ1) is 31.7. The number of aliphatic hydroxyl groups is 1. The van der Waals surface area contributed by atoms with E-state index in [4.69, 9.17) is 16.7 Å². The number of fused-ring (bicyclic) bond motifs is 1. The van der Waals surface area contributed by atoms with Gasteiger partial charge in [-0.15, -0.1) is 0 Å². The van der Waals surface area contributed by atoms with E-state index in [1.54, 1.807) is 12.1 Å². The monoisotopic (exact) mass is 601 g/mol. The molecule has 5 N–H and O–H groups in total. The molecule has 0 aliphatic carbocycles. The van der Waals surface area contributed by atoms with Crippen molar-refractivity contribution in [2.45, 2.75) is 31.8 Å². The van der Waals surface area contributed by atoms with Gasteiger partial charge < -0.3 is 35.9 Å². The van der Waals surface area contributed by atoms with E-state index in [9.17, 15) is 38.7 Å². The minimum atomic E-state index is -1.36. The van der Waals surface area contributed by atoms with E-state index in [2.05, 4.69) is 16.0 Å². The van der Waals surface area contributed by atoms with Crippen LogP contribution in [0.25, 0.3) is 0 Å². The number of carbonyl (C=O) groups is 7. The second kappa shape index (κ2) is 14.2. The van der Waals surface area contributed by atoms with Crippen LogP contribution in [0.1, 0.15) is 30.1 Å². The number of carbonyl (C=O) groups excluding carboxylic acids is 6. The van der Waals surface area contributed by atoms with Crippen molar-refractivity contribution in [2.75, 3.05) is 34.8 Å². The summed E-state index contributed by atoms with van der Waals surface area (Å²) in [6.45, 7) is -0.335. The Balaban J connectivity index is 1.96. The number of anilines is 3. The third-order valence-electron chi connectivity index (χ3n) is 6.16. The van der Waals surface area contributed by atoms with Gasteiger partial charge in [0, 0.05) is 19.0 Å². The number of carboxylic acids is 1. The lowest BCUT2D eigenvalue weighted by molar-refractivity contribution is -0.139. The Morgan fingerprint density at radius 1 is 1.12 bits per heavy atom. The number of nitrogens with one attached hydrogen (secondary N) is 3. The first-order valence-corrected chi connectivity index (χ1v) is 13.0. The standard InChI is InChI=1S/C27H28ClN5O9/c1-15(36)29-19-7-6-16(10-18(19)28)26(41)31-20-8-9-32(24(38)14-35)21-4-2-3-5-22(21)33(27(20)42)12-23(37)30-17(13-34)11-25(39)40/h2-7,10,13,17,20,35H,8-9,11-12,14H2,1H3,(H,29,36)(H,30,37)(H,31,41)(H,39,40)/t17-,20-/m0/s1. The molecule has 2 aromatic carbocycles. The normalized spacial score (nSPS) is 15.4. The van der Waals surface area contributed by atoms with Gasteiger partial charge in [-0.05, 0) is 36.8 Å². The van der Waals surface area contributed by atoms with Crippen molar-refractivity contribution in [1.29, 1.82) is 0 Å². The molecule has 3 rings (SSSR count). The topological polar surface area (TPSA) is 203 Å². The predicted octanol–water partition coefficient (Wildman–Crippen LogP) is 0.317. The summed E-state index contributed by atoms with van der Waals surface area (Å²) >= 11 is 6.18. The predicted molar refractivity (Wildman–Crippen MR) is 150 cm³/mol. The van der Waals surface area contributed by atoms with Gasteiger partial charge >= 0.3 is 5.97 Å². The molecule has 2 atom stereocenters. The molecule has 1 aliphatic heterocycles. The summed E-state index contributed by atoms with van der Waals surface area (Å²) in [5, 5.41) is 26.0. The molecule has 15 heteroatoms. The zero-order valence-corrected chi connectivity index (χ0v) is 23.1. The maximum atomic E-state index is 13.8. The first-order chi connectivity index (χ1) is 19.9. The van der Waals surface area contributed by atoms with Gasteiger partial charge in [0.2, 0.25) is 17.7 Å². The van der Waals surface area contributed by atoms with Crippen molar-refractivity contribution >= 4 is 70.5 Å². The average Bonchev–Trinajstić information content (AvgIpc) is 2.94. The molecule has 2 aromatic rings. The third kappa shape index (κ3) is 7.89. The van der Waals surface area contributed by atoms with E-state index in [-0.39, 0.29) is 52.8 Å². The third-order valence-corrected chi connectivity index (χ3v) is 6.47. The highest BCUT2D eigenvalue weighted by Gasteiger charge is 2.35. The second-order valence-corrected chi connectivity index (χ2v) is 9.62. The number of para-hydroxylation sites is 2. The van der Waals surface area contributed by atoms with Crippen molar-refractivity contribution in [2.24, 2.45) is 0 Å². The van der Waals surface area contributed by atoms with Crippen LogP contribution >= 0.6 is 11.6 Å². The minimum Gasteiger partial charge on any atom is -0.481 e. The Kier molecular flexibility index (Phi) is 10.7. The summed E-state index contributed by atoms with van der Waals surface area (Å²) in [5.41, 5.74) is 0.632. The number of rotatable bonds is 10. The number of carboxylic acid groups (broad SMARTS) is 1. The summed E-state index contributed by atoms with van der Waals surface area (Å²) in [7, 11) is 0. The average molecular weight is 602 g/mol. The van der Waals surface area contributed by atoms with E-state index in [0.29, 0.717) is 0 Å². The number of aliphatic hydroxyl groups excluding tert-OH is 1. The number of halogens is 1. The number of aldehydes is 1. The Bertz CT molecular complexity index is 1420. The molecule has 0 aromatic heterocycles. The molecule has 5 amide bonds. The number of hydrogen-bond acceptors (Lipinski definition) is 8. The fraction of sp³-hybridized carbons (Fsp3) is 0.296. The molecule has 222 valence electrons. The van der Waals surface area contributed by atoms with Gasteiger partial charge in [0.25, 0.3) is 11.8 Å². The van der Waals surface area contributed by atoms with Crippen molar-refractivity contribution in [3.05, 3.63) is 53.1 Å². The van der Waals surface area contributed by atoms with Crippen LogP contribution in [0.4, 0.5) is 17.1 Å². The number of aliphatic carboxylic acids is 1. The van der Waals surface area contributed by atoms with Gasteiger partial charge in [-0.2, -0.15) is 0 Å². The van der Waals surface area contributed by atoms with Crippen LogP contribution < -0.4 is 25.8 Å². The molecule has 0 saturated carbocycles. The maximum absolute atomic E-state index is 13.8. The largest absolute Gasteiger partial charge is 0.481 e. The molecule has 14 nitrogen and oxygen atoms in total. The zero-order valence-electron chi connectivity index (χ0n) is 22.3. The molecule has 0 unspecified atom stereocenters. The molecule has 0 bridgehead atoms. The van der Waals surface area contributed by atoms with Gasteiger partial charge in [-0.3, -0.25) is 33.7 Å². The van der Waals surface area contributed by atoms with Crippen LogP contribution in [-0.4, -0.2) is 83.8 Å². The van der Waals surface area contributed by atoms with Crippen molar-refractivity contribution in [3.63, 3.8) is 0 Å². The quantitative estimate of drug-likeness (QED) is 0.238. The van der Waals surface area contributed by atoms with Crippen LogP contribution in [0.5, 0.6) is 0 Å². The molecular weight excluding hydrogens is 574 g/mol. The maximum Gasteiger partial charge on any atom is 0.305 e. The van der Waals surface area contributed by atoms with Gasteiger partial charge in [-0.25, -0.2) is 0 Å². The van der Waals surface area contributed by atoms with Crippen LogP contribution in [0.15, 0.2) is 42.5 Å². The molecule has 0 saturated heterocycles.